The summed E-state index contributed by atoms with van der Waals surface area (Å²) in [6.07, 6.45) is 0.101. The minimum absolute atomic E-state index is 0.101. The van der Waals surface area contributed by atoms with Gasteiger partial charge in [0.2, 0.25) is 0 Å². The molecule has 3 nitrogen and oxygen atoms in total. The molecule has 1 aromatic carbocycles. The molecule has 1 aromatic rings. The average molecular weight is 203 g/mol. The predicted octanol–water partition coefficient (Wildman–Crippen LogP) is 1.49. The first-order valence-electron chi connectivity index (χ1n) is 4.55. The van der Waals surface area contributed by atoms with E-state index in [0.29, 0.717) is 5.69 Å². The number of carbonyl (C=O) groups is 1. The molecule has 0 unspecified atom stereocenters. The maximum absolute atomic E-state index is 10.8. The van der Waals surface area contributed by atoms with Crippen molar-refractivity contribution in [3.05, 3.63) is 29.3 Å². The average Bonchev–Trinajstić information content (AvgIpc) is 2.23. The van der Waals surface area contributed by atoms with Crippen molar-refractivity contribution in [2.45, 2.75) is 13.3 Å². The number of benzene rings is 1. The van der Waals surface area contributed by atoms with Gasteiger partial charge in [-0.15, -0.1) is 0 Å². The maximum Gasteiger partial charge on any atom is 0.317 e. The Labute approximate surface area is 89.2 Å². The van der Waals surface area contributed by atoms with Gasteiger partial charge in [-0.25, -0.2) is 0 Å². The lowest BCUT2D eigenvalue weighted by Gasteiger charge is -1.98. The molecular weight excluding hydrogens is 190 g/mol. The van der Waals surface area contributed by atoms with Crippen LogP contribution in [0.5, 0.6) is 0 Å². The van der Waals surface area contributed by atoms with E-state index in [1.807, 2.05) is 19.1 Å². The molecule has 0 amide bonds. The highest BCUT2D eigenvalue weighted by molar-refractivity contribution is 5.72. The molecule has 0 radical (unpaired) electrons. The molecule has 0 aromatic heterocycles. The fourth-order valence-electron chi connectivity index (χ4n) is 1.01. The third kappa shape index (κ3) is 3.35. The molecule has 0 spiro atoms. The Morgan fingerprint density at radius 3 is 2.87 bits per heavy atom. The zero-order valence-corrected chi connectivity index (χ0v) is 8.83. The standard InChI is InChI=1S/C12H13NO2/c1-9-6-7-10(8-11(9)13)4-3-5-12(14)15-2/h6-8H,5,13H2,1-2H3. The van der Waals surface area contributed by atoms with Crippen molar-refractivity contribution in [1.29, 1.82) is 0 Å². The van der Waals surface area contributed by atoms with Gasteiger partial charge >= 0.3 is 5.97 Å². The van der Waals surface area contributed by atoms with E-state index in [0.717, 1.165) is 11.1 Å². The van der Waals surface area contributed by atoms with Crippen LogP contribution in [-0.4, -0.2) is 13.1 Å². The molecule has 0 bridgehead atoms. The number of aryl methyl sites for hydroxylation is 1. The third-order valence-corrected chi connectivity index (χ3v) is 1.97. The number of nitrogens with two attached hydrogens (primary N) is 1. The summed E-state index contributed by atoms with van der Waals surface area (Å²) in [5, 5.41) is 0. The van der Waals surface area contributed by atoms with Gasteiger partial charge in [0.25, 0.3) is 0 Å². The largest absolute Gasteiger partial charge is 0.468 e. The van der Waals surface area contributed by atoms with Crippen LogP contribution in [0.3, 0.4) is 0 Å². The molecule has 0 atom stereocenters. The maximum atomic E-state index is 10.8. The molecule has 78 valence electrons. The Morgan fingerprint density at radius 1 is 1.53 bits per heavy atom. The number of ether oxygens (including phenoxy) is 1. The Morgan fingerprint density at radius 2 is 2.27 bits per heavy atom. The first kappa shape index (κ1) is 11.1. The lowest BCUT2D eigenvalue weighted by Crippen LogP contribution is -1.97. The number of methoxy groups -OCH3 is 1. The molecule has 0 aliphatic heterocycles. The first-order valence-corrected chi connectivity index (χ1v) is 4.55. The van der Waals surface area contributed by atoms with E-state index in [4.69, 9.17) is 5.73 Å². The van der Waals surface area contributed by atoms with Gasteiger partial charge in [-0.1, -0.05) is 17.9 Å². The van der Waals surface area contributed by atoms with Crippen LogP contribution in [0.4, 0.5) is 5.69 Å². The number of hydrogen-bond donors (Lipinski definition) is 1. The Kier molecular flexibility index (Phi) is 3.75. The molecule has 1 rings (SSSR count). The summed E-state index contributed by atoms with van der Waals surface area (Å²) < 4.78 is 4.46. The highest BCUT2D eigenvalue weighted by Gasteiger charge is 1.95. The van der Waals surface area contributed by atoms with Crippen LogP contribution >= 0.6 is 0 Å². The molecule has 2 N–H and O–H groups in total. The normalized spacial score (nSPS) is 8.93. The van der Waals surface area contributed by atoms with Crippen molar-refractivity contribution in [3.63, 3.8) is 0 Å². The van der Waals surface area contributed by atoms with E-state index in [2.05, 4.69) is 16.6 Å². The zero-order chi connectivity index (χ0) is 11.3. The van der Waals surface area contributed by atoms with Crippen molar-refractivity contribution in [2.24, 2.45) is 0 Å². The summed E-state index contributed by atoms with van der Waals surface area (Å²) in [4.78, 5) is 10.8. The molecular formula is C12H13NO2. The topological polar surface area (TPSA) is 52.3 Å². The van der Waals surface area contributed by atoms with Gasteiger partial charge in [-0.3, -0.25) is 4.79 Å². The van der Waals surface area contributed by atoms with Crippen molar-refractivity contribution in [2.75, 3.05) is 12.8 Å². The Balaban J connectivity index is 2.72. The summed E-state index contributed by atoms with van der Waals surface area (Å²) in [6, 6.07) is 5.56. The fraction of sp³-hybridized carbons (Fsp3) is 0.250. The van der Waals surface area contributed by atoms with Crippen molar-refractivity contribution in [3.8, 4) is 11.8 Å². The summed E-state index contributed by atoms with van der Waals surface area (Å²) in [5.74, 6) is 5.24. The number of rotatable bonds is 1. The lowest BCUT2D eigenvalue weighted by atomic mass is 10.1. The molecule has 0 heterocycles. The lowest BCUT2D eigenvalue weighted by molar-refractivity contribution is -0.139. The van der Waals surface area contributed by atoms with E-state index < -0.39 is 0 Å². The van der Waals surface area contributed by atoms with Crippen LogP contribution in [0.25, 0.3) is 0 Å². The second kappa shape index (κ2) is 5.06. The first-order chi connectivity index (χ1) is 7.13. The monoisotopic (exact) mass is 203 g/mol. The second-order valence-electron chi connectivity index (χ2n) is 3.13. The molecule has 0 saturated carbocycles. The number of nitrogen functional groups attached to an aromatic ring is 1. The SMILES string of the molecule is COC(=O)CC#Cc1ccc(C)c(N)c1. The molecule has 15 heavy (non-hydrogen) atoms. The number of hydrogen-bond acceptors (Lipinski definition) is 3. The van der Waals surface area contributed by atoms with E-state index in [9.17, 15) is 4.79 Å². The highest BCUT2D eigenvalue weighted by atomic mass is 16.5. The van der Waals surface area contributed by atoms with Crippen LogP contribution in [0.1, 0.15) is 17.5 Å². The van der Waals surface area contributed by atoms with Crippen LogP contribution in [-0.2, 0) is 9.53 Å². The summed E-state index contributed by atoms with van der Waals surface area (Å²) in [7, 11) is 1.34. The van der Waals surface area contributed by atoms with Gasteiger partial charge < -0.3 is 10.5 Å². The van der Waals surface area contributed by atoms with Crippen molar-refractivity contribution < 1.29 is 9.53 Å². The van der Waals surface area contributed by atoms with E-state index in [1.165, 1.54) is 7.11 Å². The quantitative estimate of drug-likeness (QED) is 0.427. The second-order valence-corrected chi connectivity index (χ2v) is 3.13. The summed E-state index contributed by atoms with van der Waals surface area (Å²) in [6.45, 7) is 1.93. The van der Waals surface area contributed by atoms with Gasteiger partial charge in [-0.2, -0.15) is 0 Å². The summed E-state index contributed by atoms with van der Waals surface area (Å²) in [5.41, 5.74) is 8.26. The molecule has 0 fully saturated rings. The molecule has 0 aliphatic rings. The van der Waals surface area contributed by atoms with Gasteiger partial charge in [0.1, 0.15) is 6.42 Å². The fourth-order valence-corrected chi connectivity index (χ4v) is 1.01. The number of anilines is 1. The van der Waals surface area contributed by atoms with Gasteiger partial charge in [0.15, 0.2) is 0 Å². The van der Waals surface area contributed by atoms with E-state index in [1.54, 1.807) is 6.07 Å². The highest BCUT2D eigenvalue weighted by Crippen LogP contribution is 2.11. The van der Waals surface area contributed by atoms with Crippen LogP contribution in [0.2, 0.25) is 0 Å². The number of carbonyl (C=O) groups excluding carboxylic acids is 1. The van der Waals surface area contributed by atoms with Gasteiger partial charge in [0, 0.05) is 11.3 Å². The van der Waals surface area contributed by atoms with E-state index in [-0.39, 0.29) is 12.4 Å². The smallest absolute Gasteiger partial charge is 0.317 e. The Bertz CT molecular complexity index is 427. The van der Waals surface area contributed by atoms with Crippen LogP contribution in [0, 0.1) is 18.8 Å². The van der Waals surface area contributed by atoms with Crippen molar-refractivity contribution >= 4 is 11.7 Å². The van der Waals surface area contributed by atoms with Gasteiger partial charge in [0.05, 0.1) is 7.11 Å². The minimum atomic E-state index is -0.331. The van der Waals surface area contributed by atoms with Crippen LogP contribution < -0.4 is 5.73 Å². The molecule has 3 heteroatoms. The molecule has 0 saturated heterocycles. The summed E-state index contributed by atoms with van der Waals surface area (Å²) >= 11 is 0. The number of esters is 1. The van der Waals surface area contributed by atoms with E-state index >= 15 is 0 Å². The molecule has 0 aliphatic carbocycles. The minimum Gasteiger partial charge on any atom is -0.468 e. The van der Waals surface area contributed by atoms with Crippen molar-refractivity contribution in [1.82, 2.24) is 0 Å². The van der Waals surface area contributed by atoms with Gasteiger partial charge in [-0.05, 0) is 24.6 Å². The predicted molar refractivity (Wildman–Crippen MR) is 59.1 cm³/mol. The Hall–Kier alpha value is -1.95. The zero-order valence-electron chi connectivity index (χ0n) is 8.83. The third-order valence-electron chi connectivity index (χ3n) is 1.97. The van der Waals surface area contributed by atoms with Crippen LogP contribution in [0.15, 0.2) is 18.2 Å².